The van der Waals surface area contributed by atoms with Gasteiger partial charge in [0, 0.05) is 25.6 Å². The monoisotopic (exact) mass is 214 g/mol. The maximum Gasteiger partial charge on any atom is 0.0795 e. The van der Waals surface area contributed by atoms with Crippen molar-refractivity contribution in [1.29, 1.82) is 0 Å². The van der Waals surface area contributed by atoms with Crippen LogP contribution < -0.4 is 5.73 Å². The highest BCUT2D eigenvalue weighted by Gasteiger charge is 2.37. The SMILES string of the molecule is CCC1(C)CN(C)C(=S)CC(C)(N)C1. The number of nitrogens with zero attached hydrogens (tertiary/aromatic N) is 1. The zero-order valence-electron chi connectivity index (χ0n) is 9.76. The lowest BCUT2D eigenvalue weighted by Gasteiger charge is -2.34. The van der Waals surface area contributed by atoms with E-state index in [9.17, 15) is 0 Å². The Morgan fingerprint density at radius 1 is 1.50 bits per heavy atom. The molecule has 0 aromatic heterocycles. The molecule has 0 spiro atoms. The van der Waals surface area contributed by atoms with E-state index < -0.39 is 0 Å². The molecule has 1 aliphatic rings. The summed E-state index contributed by atoms with van der Waals surface area (Å²) in [5.74, 6) is 0. The van der Waals surface area contributed by atoms with Gasteiger partial charge in [0.1, 0.15) is 0 Å². The van der Waals surface area contributed by atoms with E-state index in [0.717, 1.165) is 30.8 Å². The van der Waals surface area contributed by atoms with Gasteiger partial charge in [-0.3, -0.25) is 0 Å². The average molecular weight is 214 g/mol. The quantitative estimate of drug-likeness (QED) is 0.678. The van der Waals surface area contributed by atoms with Crippen LogP contribution in [0.3, 0.4) is 0 Å². The van der Waals surface area contributed by atoms with Gasteiger partial charge in [-0.15, -0.1) is 0 Å². The molecule has 1 saturated heterocycles. The molecule has 2 unspecified atom stereocenters. The molecule has 1 fully saturated rings. The Bertz CT molecular complexity index is 237. The normalized spacial score (nSPS) is 39.8. The molecule has 0 bridgehead atoms. The average Bonchev–Trinajstić information content (AvgIpc) is 2.08. The molecular weight excluding hydrogens is 192 g/mol. The van der Waals surface area contributed by atoms with Gasteiger partial charge >= 0.3 is 0 Å². The van der Waals surface area contributed by atoms with Gasteiger partial charge in [-0.05, 0) is 25.2 Å². The molecule has 0 saturated carbocycles. The predicted octanol–water partition coefficient (Wildman–Crippen LogP) is 2.17. The minimum atomic E-state index is -0.132. The van der Waals surface area contributed by atoms with E-state index in [4.69, 9.17) is 18.0 Å². The highest BCUT2D eigenvalue weighted by atomic mass is 32.1. The minimum absolute atomic E-state index is 0.132. The van der Waals surface area contributed by atoms with Crippen LogP contribution in [0.15, 0.2) is 0 Å². The van der Waals surface area contributed by atoms with Gasteiger partial charge < -0.3 is 10.6 Å². The predicted molar refractivity (Wildman–Crippen MR) is 65.5 cm³/mol. The highest BCUT2D eigenvalue weighted by molar-refractivity contribution is 7.80. The molecule has 0 aliphatic carbocycles. The highest BCUT2D eigenvalue weighted by Crippen LogP contribution is 2.36. The second kappa shape index (κ2) is 3.78. The fourth-order valence-corrected chi connectivity index (χ4v) is 2.87. The fraction of sp³-hybridized carbons (Fsp3) is 0.909. The largest absolute Gasteiger partial charge is 0.369 e. The van der Waals surface area contributed by atoms with Gasteiger partial charge in [0.25, 0.3) is 0 Å². The lowest BCUT2D eigenvalue weighted by atomic mass is 9.76. The Balaban J connectivity index is 2.90. The number of hydrogen-bond acceptors (Lipinski definition) is 2. The third-order valence-corrected chi connectivity index (χ3v) is 3.74. The van der Waals surface area contributed by atoms with Crippen LogP contribution in [0.25, 0.3) is 0 Å². The first kappa shape index (κ1) is 11.9. The van der Waals surface area contributed by atoms with E-state index in [1.165, 1.54) is 0 Å². The van der Waals surface area contributed by atoms with E-state index >= 15 is 0 Å². The van der Waals surface area contributed by atoms with Crippen LogP contribution >= 0.6 is 12.2 Å². The Morgan fingerprint density at radius 2 is 2.07 bits per heavy atom. The molecule has 14 heavy (non-hydrogen) atoms. The number of likely N-dealkylation sites (tertiary alicyclic amines) is 1. The molecule has 0 amide bonds. The molecular formula is C11H22N2S. The fourth-order valence-electron chi connectivity index (χ4n) is 2.47. The van der Waals surface area contributed by atoms with Crippen molar-refractivity contribution < 1.29 is 0 Å². The van der Waals surface area contributed by atoms with E-state index in [1.54, 1.807) is 0 Å². The number of nitrogens with two attached hydrogens (primary N) is 1. The van der Waals surface area contributed by atoms with Crippen LogP contribution in [-0.2, 0) is 0 Å². The first-order chi connectivity index (χ1) is 6.28. The van der Waals surface area contributed by atoms with E-state index in [0.29, 0.717) is 5.41 Å². The molecule has 3 heteroatoms. The summed E-state index contributed by atoms with van der Waals surface area (Å²) in [6, 6.07) is 0. The molecule has 1 heterocycles. The van der Waals surface area contributed by atoms with Crippen molar-refractivity contribution in [3.8, 4) is 0 Å². The molecule has 82 valence electrons. The van der Waals surface area contributed by atoms with Gasteiger partial charge in [-0.1, -0.05) is 26.1 Å². The summed E-state index contributed by atoms with van der Waals surface area (Å²) in [6.45, 7) is 7.70. The van der Waals surface area contributed by atoms with Crippen molar-refractivity contribution in [3.63, 3.8) is 0 Å². The first-order valence-corrected chi connectivity index (χ1v) is 5.72. The topological polar surface area (TPSA) is 29.3 Å². The van der Waals surface area contributed by atoms with Crippen LogP contribution in [0.5, 0.6) is 0 Å². The molecule has 1 aliphatic heterocycles. The maximum absolute atomic E-state index is 6.27. The summed E-state index contributed by atoms with van der Waals surface area (Å²) < 4.78 is 0. The molecule has 2 atom stereocenters. The van der Waals surface area contributed by atoms with Gasteiger partial charge in [0.2, 0.25) is 0 Å². The smallest absolute Gasteiger partial charge is 0.0795 e. The summed E-state index contributed by atoms with van der Waals surface area (Å²) >= 11 is 5.36. The second-order valence-corrected chi connectivity index (χ2v) is 5.89. The van der Waals surface area contributed by atoms with E-state index in [-0.39, 0.29) is 5.54 Å². The Morgan fingerprint density at radius 3 is 2.57 bits per heavy atom. The first-order valence-electron chi connectivity index (χ1n) is 5.31. The van der Waals surface area contributed by atoms with Crippen molar-refractivity contribution in [3.05, 3.63) is 0 Å². The van der Waals surface area contributed by atoms with Crippen LogP contribution in [-0.4, -0.2) is 29.0 Å². The van der Waals surface area contributed by atoms with Crippen LogP contribution in [0.4, 0.5) is 0 Å². The van der Waals surface area contributed by atoms with Crippen molar-refractivity contribution >= 4 is 17.2 Å². The second-order valence-electron chi connectivity index (χ2n) is 5.42. The number of thiocarbonyl (C=S) groups is 1. The standard InChI is InChI=1S/C11H22N2S/c1-5-10(2)7-11(3,12)6-9(14)13(4)8-10/h5-8,12H2,1-4H3. The molecule has 1 rings (SSSR count). The summed E-state index contributed by atoms with van der Waals surface area (Å²) in [6.07, 6.45) is 3.06. The maximum atomic E-state index is 6.27. The Labute approximate surface area is 92.8 Å². The van der Waals surface area contributed by atoms with E-state index in [1.807, 2.05) is 0 Å². The molecule has 0 aromatic rings. The number of hydrogen-bond donors (Lipinski definition) is 1. The third-order valence-electron chi connectivity index (χ3n) is 3.28. The molecule has 0 aromatic carbocycles. The van der Waals surface area contributed by atoms with Crippen molar-refractivity contribution in [2.75, 3.05) is 13.6 Å². The lowest BCUT2D eigenvalue weighted by Crippen LogP contribution is -2.41. The third kappa shape index (κ3) is 2.67. The molecule has 2 N–H and O–H groups in total. The summed E-state index contributed by atoms with van der Waals surface area (Å²) in [7, 11) is 2.08. The molecule has 0 radical (unpaired) electrons. The van der Waals surface area contributed by atoms with Crippen molar-refractivity contribution in [2.45, 2.75) is 45.6 Å². The van der Waals surface area contributed by atoms with E-state index in [2.05, 4.69) is 32.7 Å². The van der Waals surface area contributed by atoms with Gasteiger partial charge in [0.05, 0.1) is 4.99 Å². The van der Waals surface area contributed by atoms with Gasteiger partial charge in [0.15, 0.2) is 0 Å². The zero-order chi connectivity index (χ0) is 11.0. The summed E-state index contributed by atoms with van der Waals surface area (Å²) in [5.41, 5.74) is 6.44. The van der Waals surface area contributed by atoms with Crippen LogP contribution in [0, 0.1) is 5.41 Å². The molecule has 2 nitrogen and oxygen atoms in total. The Hall–Kier alpha value is -0.150. The van der Waals surface area contributed by atoms with Gasteiger partial charge in [-0.2, -0.15) is 0 Å². The Kier molecular flexibility index (Phi) is 3.22. The number of rotatable bonds is 1. The van der Waals surface area contributed by atoms with Crippen LogP contribution in [0.1, 0.15) is 40.0 Å². The summed E-state index contributed by atoms with van der Waals surface area (Å²) in [4.78, 5) is 3.20. The van der Waals surface area contributed by atoms with Crippen molar-refractivity contribution in [2.24, 2.45) is 11.1 Å². The minimum Gasteiger partial charge on any atom is -0.369 e. The van der Waals surface area contributed by atoms with Gasteiger partial charge in [-0.25, -0.2) is 0 Å². The summed E-state index contributed by atoms with van der Waals surface area (Å²) in [5, 5.41) is 0. The van der Waals surface area contributed by atoms with Crippen molar-refractivity contribution in [1.82, 2.24) is 4.90 Å². The lowest BCUT2D eigenvalue weighted by molar-refractivity contribution is 0.198. The van der Waals surface area contributed by atoms with Crippen LogP contribution in [0.2, 0.25) is 0 Å². The zero-order valence-corrected chi connectivity index (χ0v) is 10.6.